The van der Waals surface area contributed by atoms with E-state index in [2.05, 4.69) is 20.1 Å². The summed E-state index contributed by atoms with van der Waals surface area (Å²) in [6.07, 6.45) is 7.17. The van der Waals surface area contributed by atoms with E-state index in [1.54, 1.807) is 17.0 Å². The number of nitrogens with one attached hydrogen (secondary N) is 1. The first-order valence-electron chi connectivity index (χ1n) is 11.7. The monoisotopic (exact) mass is 480 g/mol. The zero-order valence-electron chi connectivity index (χ0n) is 19.2. The Morgan fingerprint density at radius 2 is 1.91 bits per heavy atom. The van der Waals surface area contributed by atoms with Crippen LogP contribution in [0.25, 0.3) is 0 Å². The Morgan fingerprint density at radius 1 is 1.15 bits per heavy atom. The summed E-state index contributed by atoms with van der Waals surface area (Å²) >= 11 is 0.950. The second-order valence-electron chi connectivity index (χ2n) is 8.83. The van der Waals surface area contributed by atoms with E-state index < -0.39 is 11.9 Å². The van der Waals surface area contributed by atoms with Crippen LogP contribution >= 0.6 is 11.7 Å². The van der Waals surface area contributed by atoms with E-state index in [9.17, 15) is 14.0 Å². The van der Waals surface area contributed by atoms with E-state index in [1.165, 1.54) is 24.8 Å². The average Bonchev–Trinajstić information content (AvgIpc) is 3.38. The van der Waals surface area contributed by atoms with E-state index in [4.69, 9.17) is 0 Å². The molecule has 4 rings (SSSR count). The highest BCUT2D eigenvalue weighted by atomic mass is 32.1. The van der Waals surface area contributed by atoms with Crippen molar-refractivity contribution in [3.63, 3.8) is 0 Å². The Hall–Kier alpha value is -3.13. The summed E-state index contributed by atoms with van der Waals surface area (Å²) in [6, 6.07) is 13.1. The molecule has 1 aromatic heterocycles. The minimum absolute atomic E-state index is 0.0823. The van der Waals surface area contributed by atoms with Crippen LogP contribution in [0.2, 0.25) is 0 Å². The number of carbonyl (C=O) groups excluding carboxylic acids is 2. The molecule has 1 saturated carbocycles. The number of aromatic nitrogens is 2. The predicted molar refractivity (Wildman–Crippen MR) is 130 cm³/mol. The van der Waals surface area contributed by atoms with Gasteiger partial charge in [-0.05, 0) is 49.4 Å². The Balaban J connectivity index is 1.67. The van der Waals surface area contributed by atoms with Gasteiger partial charge < -0.3 is 10.2 Å². The van der Waals surface area contributed by atoms with Crippen LogP contribution in [-0.2, 0) is 11.2 Å². The first-order valence-corrected chi connectivity index (χ1v) is 12.4. The molecule has 1 atom stereocenters. The number of hydrogen-bond donors (Lipinski definition) is 1. The van der Waals surface area contributed by atoms with Crippen LogP contribution in [0.15, 0.2) is 54.7 Å². The fraction of sp³-hybridized carbons (Fsp3) is 0.385. The summed E-state index contributed by atoms with van der Waals surface area (Å²) in [5.74, 6) is -1.01. The number of carbonyl (C=O) groups is 2. The van der Waals surface area contributed by atoms with Crippen LogP contribution < -0.4 is 5.32 Å². The number of nitrogens with zero attached hydrogens (tertiary/aromatic N) is 3. The molecule has 1 aliphatic carbocycles. The summed E-state index contributed by atoms with van der Waals surface area (Å²) in [5, 5.41) is 3.16. The molecule has 1 N–H and O–H groups in total. The third kappa shape index (κ3) is 6.05. The zero-order valence-corrected chi connectivity index (χ0v) is 20.1. The topological polar surface area (TPSA) is 75.2 Å². The normalized spacial score (nSPS) is 15.0. The number of amides is 2. The molecule has 0 unspecified atom stereocenters. The number of rotatable bonds is 8. The quantitative estimate of drug-likeness (QED) is 0.500. The minimum atomic E-state index is -0.901. The molecule has 1 aliphatic rings. The van der Waals surface area contributed by atoms with Crippen molar-refractivity contribution in [3.8, 4) is 0 Å². The Kier molecular flexibility index (Phi) is 8.00. The summed E-state index contributed by atoms with van der Waals surface area (Å²) in [6.45, 7) is 2.33. The average molecular weight is 481 g/mol. The third-order valence-electron chi connectivity index (χ3n) is 6.26. The molecule has 1 heterocycles. The molecular formula is C26H29FN4O2S. The van der Waals surface area contributed by atoms with E-state index in [0.29, 0.717) is 18.5 Å². The van der Waals surface area contributed by atoms with Gasteiger partial charge in [0.05, 0.1) is 17.9 Å². The fourth-order valence-electron chi connectivity index (χ4n) is 4.52. The molecule has 0 saturated heterocycles. The third-order valence-corrected chi connectivity index (χ3v) is 6.74. The molecule has 0 radical (unpaired) electrons. The van der Waals surface area contributed by atoms with Gasteiger partial charge >= 0.3 is 0 Å². The van der Waals surface area contributed by atoms with E-state index in [-0.39, 0.29) is 23.6 Å². The van der Waals surface area contributed by atoms with Crippen LogP contribution in [0.3, 0.4) is 0 Å². The maximum atomic E-state index is 13.7. The van der Waals surface area contributed by atoms with Crippen LogP contribution in [0.4, 0.5) is 4.39 Å². The van der Waals surface area contributed by atoms with Gasteiger partial charge in [-0.25, -0.2) is 4.39 Å². The Morgan fingerprint density at radius 3 is 2.59 bits per heavy atom. The summed E-state index contributed by atoms with van der Waals surface area (Å²) in [5.41, 5.74) is 2.96. The van der Waals surface area contributed by atoms with Crippen LogP contribution in [-0.4, -0.2) is 38.0 Å². The van der Waals surface area contributed by atoms with E-state index >= 15 is 0 Å². The van der Waals surface area contributed by atoms with Gasteiger partial charge in [0, 0.05) is 12.6 Å². The number of benzene rings is 2. The highest BCUT2D eigenvalue weighted by Crippen LogP contribution is 2.26. The predicted octanol–water partition coefficient (Wildman–Crippen LogP) is 4.86. The second kappa shape index (κ2) is 11.3. The highest BCUT2D eigenvalue weighted by Gasteiger charge is 2.34. The molecule has 2 amide bonds. The molecule has 6 nitrogen and oxygen atoms in total. The molecule has 34 heavy (non-hydrogen) atoms. The lowest BCUT2D eigenvalue weighted by Gasteiger charge is -2.33. The molecule has 8 heteroatoms. The number of halogens is 1. The van der Waals surface area contributed by atoms with Crippen molar-refractivity contribution < 1.29 is 14.0 Å². The van der Waals surface area contributed by atoms with Crippen molar-refractivity contribution in [2.75, 3.05) is 6.54 Å². The molecule has 0 bridgehead atoms. The van der Waals surface area contributed by atoms with Gasteiger partial charge in [0.15, 0.2) is 5.69 Å². The van der Waals surface area contributed by atoms with Crippen molar-refractivity contribution in [2.24, 2.45) is 0 Å². The molecule has 0 spiro atoms. The van der Waals surface area contributed by atoms with Gasteiger partial charge in [-0.15, -0.1) is 0 Å². The maximum Gasteiger partial charge on any atom is 0.276 e. The first-order chi connectivity index (χ1) is 16.5. The maximum absolute atomic E-state index is 13.7. The highest BCUT2D eigenvalue weighted by molar-refractivity contribution is 6.99. The minimum Gasteiger partial charge on any atom is -0.351 e. The van der Waals surface area contributed by atoms with Gasteiger partial charge in [-0.2, -0.15) is 8.75 Å². The largest absolute Gasteiger partial charge is 0.351 e. The zero-order chi connectivity index (χ0) is 23.9. The van der Waals surface area contributed by atoms with Crippen LogP contribution in [0, 0.1) is 12.7 Å². The number of aryl methyl sites for hydroxylation is 1. The molecule has 1 fully saturated rings. The SMILES string of the molecule is Cc1cccc(CCN(C(=O)c2cnsn2)[C@H](C(=O)NC2CCCCC2)c2ccc(F)cc2)c1. The summed E-state index contributed by atoms with van der Waals surface area (Å²) in [7, 11) is 0. The van der Waals surface area contributed by atoms with Gasteiger partial charge in [0.1, 0.15) is 11.9 Å². The lowest BCUT2D eigenvalue weighted by atomic mass is 9.94. The van der Waals surface area contributed by atoms with Crippen LogP contribution in [0.1, 0.15) is 65.3 Å². The first kappa shape index (κ1) is 24.0. The Bertz CT molecular complexity index is 1100. The van der Waals surface area contributed by atoms with E-state index in [1.807, 2.05) is 25.1 Å². The van der Waals surface area contributed by atoms with Crippen molar-refractivity contribution in [1.82, 2.24) is 19.0 Å². The van der Waals surface area contributed by atoms with Crippen LogP contribution in [0.5, 0.6) is 0 Å². The fourth-order valence-corrected chi connectivity index (χ4v) is 4.92. The lowest BCUT2D eigenvalue weighted by molar-refractivity contribution is -0.126. The summed E-state index contributed by atoms with van der Waals surface area (Å²) in [4.78, 5) is 28.7. The molecule has 2 aromatic carbocycles. The van der Waals surface area contributed by atoms with Crippen molar-refractivity contribution in [3.05, 3.63) is 82.9 Å². The van der Waals surface area contributed by atoms with E-state index in [0.717, 1.165) is 48.5 Å². The molecule has 0 aliphatic heterocycles. The smallest absolute Gasteiger partial charge is 0.276 e. The summed E-state index contributed by atoms with van der Waals surface area (Å²) < 4.78 is 21.8. The van der Waals surface area contributed by atoms with Crippen molar-refractivity contribution >= 4 is 23.5 Å². The van der Waals surface area contributed by atoms with Gasteiger partial charge in [0.25, 0.3) is 5.91 Å². The van der Waals surface area contributed by atoms with Crippen molar-refractivity contribution in [2.45, 2.75) is 57.5 Å². The Labute approximate surface area is 203 Å². The van der Waals surface area contributed by atoms with Gasteiger partial charge in [0.2, 0.25) is 5.91 Å². The van der Waals surface area contributed by atoms with Gasteiger partial charge in [-0.1, -0.05) is 61.2 Å². The molecule has 3 aromatic rings. The standard InChI is InChI=1S/C26H29FN4O2S/c1-18-6-5-7-19(16-18)14-15-31(26(33)23-17-28-34-30-23)24(20-10-12-21(27)13-11-20)25(32)29-22-8-3-2-4-9-22/h5-7,10-13,16-17,22,24H,2-4,8-9,14-15H2,1H3,(H,29,32)/t24-/m0/s1. The van der Waals surface area contributed by atoms with Crippen molar-refractivity contribution in [1.29, 1.82) is 0 Å². The van der Waals surface area contributed by atoms with Gasteiger partial charge in [-0.3, -0.25) is 9.59 Å². The molecule has 178 valence electrons. The lowest BCUT2D eigenvalue weighted by Crippen LogP contribution is -2.47. The second-order valence-corrected chi connectivity index (χ2v) is 9.38. The number of hydrogen-bond acceptors (Lipinski definition) is 5. The molecular weight excluding hydrogens is 451 g/mol.